The van der Waals surface area contributed by atoms with Crippen molar-refractivity contribution in [1.82, 2.24) is 0 Å². The van der Waals surface area contributed by atoms with Gasteiger partial charge < -0.3 is 15.7 Å². The molecule has 0 bridgehead atoms. The number of rotatable bonds is 4. The maximum atomic E-state index is 8.82. The zero-order chi connectivity index (χ0) is 14.7. The van der Waals surface area contributed by atoms with E-state index in [1.807, 2.05) is 30.3 Å². The molecule has 0 aliphatic carbocycles. The third-order valence-corrected chi connectivity index (χ3v) is 4.23. The van der Waals surface area contributed by atoms with E-state index in [2.05, 4.69) is 22.7 Å². The second-order valence-corrected chi connectivity index (χ2v) is 5.44. The van der Waals surface area contributed by atoms with Crippen molar-refractivity contribution in [3.63, 3.8) is 0 Å². The summed E-state index contributed by atoms with van der Waals surface area (Å²) < 4.78 is 7.08. The smallest absolute Gasteiger partial charge is 0.173 e. The lowest BCUT2D eigenvalue weighted by Crippen LogP contribution is -2.14. The van der Waals surface area contributed by atoms with E-state index in [0.717, 1.165) is 5.56 Å². The summed E-state index contributed by atoms with van der Waals surface area (Å²) in [6, 6.07) is 15.5. The summed E-state index contributed by atoms with van der Waals surface area (Å²) in [5.74, 6) is 0.642. The number of oxime groups is 1. The Balaban J connectivity index is 1.85. The number of fused-ring (bicyclic) bond motifs is 1. The predicted molar refractivity (Wildman–Crippen MR) is 85.1 cm³/mol. The van der Waals surface area contributed by atoms with Crippen molar-refractivity contribution in [2.24, 2.45) is 10.9 Å². The molecule has 3 N–H and O–H groups in total. The van der Waals surface area contributed by atoms with E-state index in [0.29, 0.717) is 17.9 Å². The van der Waals surface area contributed by atoms with E-state index in [1.165, 1.54) is 10.1 Å². The first-order valence-corrected chi connectivity index (χ1v) is 7.32. The number of benzene rings is 2. The van der Waals surface area contributed by atoms with Crippen LogP contribution in [0.5, 0.6) is 5.75 Å². The molecule has 0 aliphatic rings. The van der Waals surface area contributed by atoms with E-state index in [1.54, 1.807) is 17.4 Å². The van der Waals surface area contributed by atoms with Crippen LogP contribution in [0.2, 0.25) is 0 Å². The van der Waals surface area contributed by atoms with Gasteiger partial charge in [-0.2, -0.15) is 0 Å². The lowest BCUT2D eigenvalue weighted by Gasteiger charge is -2.10. The Kier molecular flexibility index (Phi) is 3.75. The highest BCUT2D eigenvalue weighted by Crippen LogP contribution is 2.27. The lowest BCUT2D eigenvalue weighted by molar-refractivity contribution is 0.305. The standard InChI is InChI=1S/C16H14N2O2S/c17-16(18-19)13-6-1-3-7-14(13)20-9-11-10-21-15-8-4-2-5-12(11)15/h1-8,10,19H,9H2,(H2,17,18). The molecule has 1 heterocycles. The van der Waals surface area contributed by atoms with Crippen LogP contribution in [0.3, 0.4) is 0 Å². The third-order valence-electron chi connectivity index (χ3n) is 3.22. The summed E-state index contributed by atoms with van der Waals surface area (Å²) in [7, 11) is 0. The molecule has 0 amide bonds. The van der Waals surface area contributed by atoms with Crippen LogP contribution in [-0.2, 0) is 6.61 Å². The van der Waals surface area contributed by atoms with Gasteiger partial charge in [0.2, 0.25) is 0 Å². The number of hydrogen-bond donors (Lipinski definition) is 2. The highest BCUT2D eigenvalue weighted by atomic mass is 32.1. The minimum Gasteiger partial charge on any atom is -0.488 e. The number of ether oxygens (including phenoxy) is 1. The number of amidine groups is 1. The Morgan fingerprint density at radius 3 is 2.76 bits per heavy atom. The summed E-state index contributed by atoms with van der Waals surface area (Å²) in [6.07, 6.45) is 0. The van der Waals surface area contributed by atoms with Crippen molar-refractivity contribution in [3.05, 3.63) is 65.0 Å². The normalized spacial score (nSPS) is 11.7. The Labute approximate surface area is 126 Å². The van der Waals surface area contributed by atoms with Crippen LogP contribution in [0.4, 0.5) is 0 Å². The molecule has 0 saturated carbocycles. The first-order chi connectivity index (χ1) is 10.3. The Bertz CT molecular complexity index is 796. The number of nitrogens with zero attached hydrogens (tertiary/aromatic N) is 1. The molecule has 5 heteroatoms. The van der Waals surface area contributed by atoms with Crippen LogP contribution in [-0.4, -0.2) is 11.0 Å². The van der Waals surface area contributed by atoms with Crippen molar-refractivity contribution in [2.75, 3.05) is 0 Å². The first-order valence-electron chi connectivity index (χ1n) is 6.44. The van der Waals surface area contributed by atoms with Gasteiger partial charge >= 0.3 is 0 Å². The highest BCUT2D eigenvalue weighted by molar-refractivity contribution is 7.17. The first kappa shape index (κ1) is 13.5. The van der Waals surface area contributed by atoms with E-state index in [-0.39, 0.29) is 5.84 Å². The Hall–Kier alpha value is -2.53. The topological polar surface area (TPSA) is 67.8 Å². The molecular weight excluding hydrogens is 284 g/mol. The monoisotopic (exact) mass is 298 g/mol. The number of thiophene rings is 1. The molecule has 0 fully saturated rings. The summed E-state index contributed by atoms with van der Waals surface area (Å²) in [4.78, 5) is 0. The fourth-order valence-corrected chi connectivity index (χ4v) is 3.11. The summed E-state index contributed by atoms with van der Waals surface area (Å²) in [5, 5.41) is 15.1. The number of para-hydroxylation sites is 1. The van der Waals surface area contributed by atoms with E-state index in [9.17, 15) is 0 Å². The largest absolute Gasteiger partial charge is 0.488 e. The molecule has 0 saturated heterocycles. The summed E-state index contributed by atoms with van der Waals surface area (Å²) >= 11 is 1.70. The van der Waals surface area contributed by atoms with E-state index in [4.69, 9.17) is 15.7 Å². The maximum absolute atomic E-state index is 8.82. The van der Waals surface area contributed by atoms with Gasteiger partial charge in [-0.25, -0.2) is 0 Å². The van der Waals surface area contributed by atoms with E-state index < -0.39 is 0 Å². The van der Waals surface area contributed by atoms with Crippen LogP contribution in [0.15, 0.2) is 59.1 Å². The highest BCUT2D eigenvalue weighted by Gasteiger charge is 2.09. The molecule has 0 aliphatic heterocycles. The quantitative estimate of drug-likeness (QED) is 0.335. The molecule has 3 rings (SSSR count). The van der Waals surface area contributed by atoms with Gasteiger partial charge in [-0.05, 0) is 29.0 Å². The van der Waals surface area contributed by atoms with Gasteiger partial charge in [-0.1, -0.05) is 35.5 Å². The van der Waals surface area contributed by atoms with Crippen molar-refractivity contribution in [3.8, 4) is 5.75 Å². The maximum Gasteiger partial charge on any atom is 0.173 e. The second kappa shape index (κ2) is 5.85. The molecule has 106 valence electrons. The molecule has 2 aromatic carbocycles. The van der Waals surface area contributed by atoms with Gasteiger partial charge in [0.1, 0.15) is 12.4 Å². The Morgan fingerprint density at radius 1 is 1.14 bits per heavy atom. The van der Waals surface area contributed by atoms with Crippen molar-refractivity contribution in [2.45, 2.75) is 6.61 Å². The minimum absolute atomic E-state index is 0.0424. The van der Waals surface area contributed by atoms with Gasteiger partial charge in [0.25, 0.3) is 0 Å². The predicted octanol–water partition coefficient (Wildman–Crippen LogP) is 3.57. The molecular formula is C16H14N2O2S. The van der Waals surface area contributed by atoms with E-state index >= 15 is 0 Å². The summed E-state index contributed by atoms with van der Waals surface area (Å²) in [6.45, 7) is 0.444. The van der Waals surface area contributed by atoms with Gasteiger partial charge in [-0.3, -0.25) is 0 Å². The van der Waals surface area contributed by atoms with Crippen LogP contribution in [0, 0.1) is 0 Å². The van der Waals surface area contributed by atoms with Crippen LogP contribution in [0.1, 0.15) is 11.1 Å². The number of nitrogens with two attached hydrogens (primary N) is 1. The lowest BCUT2D eigenvalue weighted by atomic mass is 10.1. The zero-order valence-electron chi connectivity index (χ0n) is 11.2. The summed E-state index contributed by atoms with van der Waals surface area (Å²) in [5.41, 5.74) is 7.37. The van der Waals surface area contributed by atoms with Crippen molar-refractivity contribution in [1.29, 1.82) is 0 Å². The average molecular weight is 298 g/mol. The van der Waals surface area contributed by atoms with Gasteiger partial charge in [0.05, 0.1) is 5.56 Å². The molecule has 0 atom stereocenters. The fraction of sp³-hybridized carbons (Fsp3) is 0.0625. The van der Waals surface area contributed by atoms with Crippen molar-refractivity contribution >= 4 is 27.3 Å². The van der Waals surface area contributed by atoms with Crippen LogP contribution >= 0.6 is 11.3 Å². The molecule has 0 spiro atoms. The SMILES string of the molecule is NC(=NO)c1ccccc1OCc1csc2ccccc12. The third kappa shape index (κ3) is 2.68. The molecule has 3 aromatic rings. The van der Waals surface area contributed by atoms with Crippen LogP contribution < -0.4 is 10.5 Å². The molecule has 21 heavy (non-hydrogen) atoms. The molecule has 0 unspecified atom stereocenters. The second-order valence-electron chi connectivity index (χ2n) is 4.53. The fourth-order valence-electron chi connectivity index (χ4n) is 2.16. The van der Waals surface area contributed by atoms with Crippen LogP contribution in [0.25, 0.3) is 10.1 Å². The molecule has 1 aromatic heterocycles. The Morgan fingerprint density at radius 2 is 1.90 bits per heavy atom. The van der Waals surface area contributed by atoms with Gasteiger partial charge in [0, 0.05) is 10.3 Å². The molecule has 4 nitrogen and oxygen atoms in total. The van der Waals surface area contributed by atoms with Crippen molar-refractivity contribution < 1.29 is 9.94 Å². The van der Waals surface area contributed by atoms with Gasteiger partial charge in [0.15, 0.2) is 5.84 Å². The minimum atomic E-state index is 0.0424. The average Bonchev–Trinajstić information content (AvgIpc) is 2.96. The number of hydrogen-bond acceptors (Lipinski definition) is 4. The molecule has 0 radical (unpaired) electrons. The van der Waals surface area contributed by atoms with Gasteiger partial charge in [-0.15, -0.1) is 11.3 Å². The zero-order valence-corrected chi connectivity index (χ0v) is 12.0.